The van der Waals surface area contributed by atoms with Gasteiger partial charge in [0.1, 0.15) is 0 Å². The first-order valence-corrected chi connectivity index (χ1v) is 7.15. The van der Waals surface area contributed by atoms with Crippen molar-refractivity contribution in [1.29, 1.82) is 0 Å². The van der Waals surface area contributed by atoms with E-state index in [9.17, 15) is 4.79 Å². The van der Waals surface area contributed by atoms with Gasteiger partial charge >= 0.3 is 0 Å². The van der Waals surface area contributed by atoms with Gasteiger partial charge < -0.3 is 15.3 Å². The molecule has 4 nitrogen and oxygen atoms in total. The summed E-state index contributed by atoms with van der Waals surface area (Å²) in [4.78, 5) is 14.4. The topological polar surface area (TPSA) is 52.6 Å². The normalized spacial score (nSPS) is 20.8. The number of aliphatic hydroxyl groups excluding tert-OH is 1. The van der Waals surface area contributed by atoms with Gasteiger partial charge in [-0.2, -0.15) is 0 Å². The van der Waals surface area contributed by atoms with Gasteiger partial charge in [0.2, 0.25) is 5.91 Å². The Kier molecular flexibility index (Phi) is 6.09. The molecule has 0 aromatic carbocycles. The fourth-order valence-electron chi connectivity index (χ4n) is 2.76. The molecule has 0 aromatic heterocycles. The van der Waals surface area contributed by atoms with Crippen molar-refractivity contribution in [3.05, 3.63) is 0 Å². The predicted molar refractivity (Wildman–Crippen MR) is 73.3 cm³/mol. The van der Waals surface area contributed by atoms with Gasteiger partial charge in [0, 0.05) is 18.5 Å². The van der Waals surface area contributed by atoms with Crippen LogP contribution in [0.1, 0.15) is 40.0 Å². The highest BCUT2D eigenvalue weighted by atomic mass is 16.3. The van der Waals surface area contributed by atoms with E-state index in [1.807, 2.05) is 18.7 Å². The minimum absolute atomic E-state index is 0.0464. The molecular weight excluding hydrogens is 228 g/mol. The number of amides is 1. The van der Waals surface area contributed by atoms with Gasteiger partial charge in [-0.25, -0.2) is 0 Å². The van der Waals surface area contributed by atoms with Gasteiger partial charge in [-0.15, -0.1) is 0 Å². The summed E-state index contributed by atoms with van der Waals surface area (Å²) in [5, 5.41) is 12.5. The second-order valence-electron chi connectivity index (χ2n) is 5.78. The van der Waals surface area contributed by atoms with Gasteiger partial charge in [0.15, 0.2) is 0 Å². The van der Waals surface area contributed by atoms with E-state index in [1.54, 1.807) is 0 Å². The van der Waals surface area contributed by atoms with Crippen molar-refractivity contribution in [2.75, 3.05) is 32.8 Å². The maximum atomic E-state index is 12.6. The van der Waals surface area contributed by atoms with Crippen molar-refractivity contribution in [3.63, 3.8) is 0 Å². The smallest absolute Gasteiger partial charge is 0.228 e. The third-order valence-electron chi connectivity index (χ3n) is 4.02. The molecule has 0 aliphatic carbocycles. The first kappa shape index (κ1) is 15.4. The van der Waals surface area contributed by atoms with Crippen LogP contribution >= 0.6 is 0 Å². The van der Waals surface area contributed by atoms with Gasteiger partial charge in [0.05, 0.1) is 6.61 Å². The monoisotopic (exact) mass is 256 g/mol. The largest absolute Gasteiger partial charge is 0.395 e. The summed E-state index contributed by atoms with van der Waals surface area (Å²) >= 11 is 0. The molecule has 1 heterocycles. The van der Waals surface area contributed by atoms with Crippen LogP contribution < -0.4 is 5.32 Å². The molecule has 1 amide bonds. The molecule has 1 unspecified atom stereocenters. The average molecular weight is 256 g/mol. The van der Waals surface area contributed by atoms with Crippen LogP contribution in [0.15, 0.2) is 0 Å². The van der Waals surface area contributed by atoms with Crippen LogP contribution in [0, 0.1) is 11.3 Å². The van der Waals surface area contributed by atoms with E-state index in [2.05, 4.69) is 12.2 Å². The number of carbonyl (C=O) groups is 1. The molecule has 1 atom stereocenters. The van der Waals surface area contributed by atoms with E-state index in [0.29, 0.717) is 12.5 Å². The highest BCUT2D eigenvalue weighted by molar-refractivity contribution is 5.82. The minimum Gasteiger partial charge on any atom is -0.395 e. The average Bonchev–Trinajstić information content (AvgIpc) is 2.38. The second-order valence-corrected chi connectivity index (χ2v) is 5.78. The van der Waals surface area contributed by atoms with Crippen LogP contribution in [0.2, 0.25) is 0 Å². The number of rotatable bonds is 6. The Labute approximate surface area is 111 Å². The summed E-state index contributed by atoms with van der Waals surface area (Å²) in [5.74, 6) is 0.587. The Balaban J connectivity index is 2.70. The first-order valence-electron chi connectivity index (χ1n) is 7.15. The van der Waals surface area contributed by atoms with Crippen LogP contribution in [0.3, 0.4) is 0 Å². The highest BCUT2D eigenvalue weighted by Crippen LogP contribution is 2.33. The number of carbonyl (C=O) groups excluding carboxylic acids is 1. The van der Waals surface area contributed by atoms with E-state index in [-0.39, 0.29) is 17.9 Å². The molecule has 0 bridgehead atoms. The molecule has 4 heteroatoms. The lowest BCUT2D eigenvalue weighted by molar-refractivity contribution is -0.144. The summed E-state index contributed by atoms with van der Waals surface area (Å²) in [6.07, 6.45) is 3.20. The minimum atomic E-state index is -0.336. The highest BCUT2D eigenvalue weighted by Gasteiger charge is 2.39. The standard InChI is InChI=1S/C14H28N2O2/c1-4-8-16(9-10-17)13(18)14(2,3)12-6-5-7-15-11-12/h12,15,17H,4-11H2,1-3H3. The SMILES string of the molecule is CCCN(CCO)C(=O)C(C)(C)C1CCCNC1. The van der Waals surface area contributed by atoms with Gasteiger partial charge in [-0.1, -0.05) is 20.8 Å². The summed E-state index contributed by atoms with van der Waals surface area (Å²) in [6.45, 7) is 9.39. The van der Waals surface area contributed by atoms with Crippen LogP contribution in [-0.2, 0) is 4.79 Å². The molecule has 1 rings (SSSR count). The quantitative estimate of drug-likeness (QED) is 0.752. The zero-order chi connectivity index (χ0) is 13.6. The molecule has 0 saturated carbocycles. The Hall–Kier alpha value is -0.610. The number of aliphatic hydroxyl groups is 1. The Morgan fingerprint density at radius 2 is 2.17 bits per heavy atom. The summed E-state index contributed by atoms with van der Waals surface area (Å²) in [6, 6.07) is 0. The van der Waals surface area contributed by atoms with Crippen LogP contribution in [0.25, 0.3) is 0 Å². The van der Waals surface area contributed by atoms with E-state index in [4.69, 9.17) is 5.11 Å². The van der Waals surface area contributed by atoms with Crippen LogP contribution in [0.5, 0.6) is 0 Å². The van der Waals surface area contributed by atoms with Crippen LogP contribution in [0.4, 0.5) is 0 Å². The Morgan fingerprint density at radius 3 is 2.67 bits per heavy atom. The lowest BCUT2D eigenvalue weighted by atomic mass is 9.74. The van der Waals surface area contributed by atoms with E-state index >= 15 is 0 Å². The molecular formula is C14H28N2O2. The molecule has 0 spiro atoms. The fourth-order valence-corrected chi connectivity index (χ4v) is 2.76. The molecule has 1 aliphatic rings. The van der Waals surface area contributed by atoms with E-state index < -0.39 is 0 Å². The van der Waals surface area contributed by atoms with Crippen molar-refractivity contribution >= 4 is 5.91 Å². The first-order chi connectivity index (χ1) is 8.54. The predicted octanol–water partition coefficient (Wildman–Crippen LogP) is 1.24. The fraction of sp³-hybridized carbons (Fsp3) is 0.929. The molecule has 106 valence electrons. The molecule has 1 saturated heterocycles. The summed E-state index contributed by atoms with van der Waals surface area (Å²) in [5.41, 5.74) is -0.336. The Bertz CT molecular complexity index is 255. The maximum absolute atomic E-state index is 12.6. The third kappa shape index (κ3) is 3.69. The lowest BCUT2D eigenvalue weighted by Gasteiger charge is -2.39. The number of hydrogen-bond donors (Lipinski definition) is 2. The van der Waals surface area contributed by atoms with Crippen molar-refractivity contribution < 1.29 is 9.90 Å². The van der Waals surface area contributed by atoms with E-state index in [0.717, 1.165) is 38.9 Å². The maximum Gasteiger partial charge on any atom is 0.228 e. The van der Waals surface area contributed by atoms with Crippen molar-refractivity contribution in [2.45, 2.75) is 40.0 Å². The molecule has 1 fully saturated rings. The summed E-state index contributed by atoms with van der Waals surface area (Å²) in [7, 11) is 0. The number of hydrogen-bond acceptors (Lipinski definition) is 3. The number of nitrogens with zero attached hydrogens (tertiary/aromatic N) is 1. The molecule has 0 radical (unpaired) electrons. The third-order valence-corrected chi connectivity index (χ3v) is 4.02. The Morgan fingerprint density at radius 1 is 1.44 bits per heavy atom. The zero-order valence-corrected chi connectivity index (χ0v) is 12.0. The molecule has 0 aromatic rings. The number of nitrogens with one attached hydrogen (secondary N) is 1. The van der Waals surface area contributed by atoms with Crippen molar-refractivity contribution in [3.8, 4) is 0 Å². The lowest BCUT2D eigenvalue weighted by Crippen LogP contribution is -2.49. The van der Waals surface area contributed by atoms with Crippen molar-refractivity contribution in [2.24, 2.45) is 11.3 Å². The van der Waals surface area contributed by atoms with Crippen LogP contribution in [-0.4, -0.2) is 48.7 Å². The van der Waals surface area contributed by atoms with E-state index in [1.165, 1.54) is 0 Å². The second kappa shape index (κ2) is 7.10. The summed E-state index contributed by atoms with van der Waals surface area (Å²) < 4.78 is 0. The van der Waals surface area contributed by atoms with Gasteiger partial charge in [-0.3, -0.25) is 4.79 Å². The van der Waals surface area contributed by atoms with Crippen molar-refractivity contribution in [1.82, 2.24) is 10.2 Å². The van der Waals surface area contributed by atoms with Gasteiger partial charge in [0.25, 0.3) is 0 Å². The molecule has 18 heavy (non-hydrogen) atoms. The molecule has 2 N–H and O–H groups in total. The number of piperidine rings is 1. The molecule has 1 aliphatic heterocycles. The van der Waals surface area contributed by atoms with Gasteiger partial charge in [-0.05, 0) is 38.3 Å². The zero-order valence-electron chi connectivity index (χ0n) is 12.0.